The topological polar surface area (TPSA) is 112 Å². The summed E-state index contributed by atoms with van der Waals surface area (Å²) in [4.78, 5) is 39.1. The first kappa shape index (κ1) is 17.9. The van der Waals surface area contributed by atoms with Gasteiger partial charge in [0.05, 0.1) is 17.2 Å². The lowest BCUT2D eigenvalue weighted by Crippen LogP contribution is -2.30. The van der Waals surface area contributed by atoms with Crippen molar-refractivity contribution in [1.29, 1.82) is 5.26 Å². The predicted molar refractivity (Wildman–Crippen MR) is 99.2 cm³/mol. The summed E-state index contributed by atoms with van der Waals surface area (Å²) in [5.41, 5.74) is 0.963. The third kappa shape index (κ3) is 4.02. The molecule has 0 saturated heterocycles. The largest absolute Gasteiger partial charge is 0.449 e. The summed E-state index contributed by atoms with van der Waals surface area (Å²) in [5, 5.41) is 12.0. The van der Waals surface area contributed by atoms with Crippen molar-refractivity contribution in [2.45, 2.75) is 13.0 Å². The molecule has 0 fully saturated rings. The van der Waals surface area contributed by atoms with Crippen LogP contribution >= 0.6 is 0 Å². The number of nitriles is 1. The second kappa shape index (κ2) is 7.54. The number of nitrogens with one attached hydrogen (secondary N) is 2. The zero-order valence-corrected chi connectivity index (χ0v) is 14.4. The molecule has 7 nitrogen and oxygen atoms in total. The van der Waals surface area contributed by atoms with Crippen LogP contribution in [-0.2, 0) is 9.53 Å². The average Bonchev–Trinajstić information content (AvgIpc) is 2.67. The first-order chi connectivity index (χ1) is 13.0. The maximum atomic E-state index is 12.5. The number of aromatic amines is 1. The van der Waals surface area contributed by atoms with Gasteiger partial charge in [-0.25, -0.2) is 4.79 Å². The summed E-state index contributed by atoms with van der Waals surface area (Å²) in [6.07, 6.45) is -1.10. The van der Waals surface area contributed by atoms with Crippen LogP contribution in [0.4, 0.5) is 5.69 Å². The number of carbonyl (C=O) groups is 2. The fourth-order valence-electron chi connectivity index (χ4n) is 2.56. The molecule has 1 heterocycles. The second-order valence-electron chi connectivity index (χ2n) is 5.82. The minimum absolute atomic E-state index is 0.0838. The zero-order chi connectivity index (χ0) is 19.4. The van der Waals surface area contributed by atoms with Gasteiger partial charge in [-0.05, 0) is 31.2 Å². The summed E-state index contributed by atoms with van der Waals surface area (Å²) in [6, 6.07) is 16.3. The van der Waals surface area contributed by atoms with Gasteiger partial charge >= 0.3 is 5.97 Å². The molecule has 134 valence electrons. The van der Waals surface area contributed by atoms with Crippen molar-refractivity contribution < 1.29 is 14.3 Å². The van der Waals surface area contributed by atoms with E-state index in [1.165, 1.54) is 13.0 Å². The number of fused-ring (bicyclic) bond motifs is 1. The van der Waals surface area contributed by atoms with E-state index in [-0.39, 0.29) is 5.56 Å². The minimum atomic E-state index is -1.10. The molecule has 27 heavy (non-hydrogen) atoms. The smallest absolute Gasteiger partial charge is 0.339 e. The normalized spacial score (nSPS) is 11.4. The van der Waals surface area contributed by atoms with E-state index in [0.29, 0.717) is 22.2 Å². The molecule has 2 aromatic carbocycles. The van der Waals surface area contributed by atoms with Crippen LogP contribution in [0.5, 0.6) is 0 Å². The molecular formula is C20H15N3O4. The van der Waals surface area contributed by atoms with Gasteiger partial charge in [0.2, 0.25) is 5.56 Å². The number of para-hydroxylation sites is 1. The highest BCUT2D eigenvalue weighted by molar-refractivity contribution is 6.04. The number of amides is 1. The molecule has 0 aliphatic rings. The van der Waals surface area contributed by atoms with E-state index in [9.17, 15) is 14.4 Å². The number of anilines is 1. The molecule has 1 aromatic heterocycles. The number of esters is 1. The Morgan fingerprint density at radius 1 is 1.15 bits per heavy atom. The Morgan fingerprint density at radius 2 is 1.93 bits per heavy atom. The molecule has 0 bridgehead atoms. The highest BCUT2D eigenvalue weighted by atomic mass is 16.5. The van der Waals surface area contributed by atoms with Gasteiger partial charge in [0, 0.05) is 22.7 Å². The molecule has 0 spiro atoms. The summed E-state index contributed by atoms with van der Waals surface area (Å²) in [6.45, 7) is 1.43. The predicted octanol–water partition coefficient (Wildman–Crippen LogP) is 2.58. The Balaban J connectivity index is 1.77. The van der Waals surface area contributed by atoms with Crippen molar-refractivity contribution in [1.82, 2.24) is 4.98 Å². The molecule has 0 saturated carbocycles. The van der Waals surface area contributed by atoms with Crippen molar-refractivity contribution >= 4 is 28.5 Å². The Kier molecular flexibility index (Phi) is 4.99. The number of rotatable bonds is 4. The molecule has 0 aliphatic heterocycles. The first-order valence-corrected chi connectivity index (χ1v) is 8.12. The van der Waals surface area contributed by atoms with Crippen LogP contribution in [0.15, 0.2) is 59.4 Å². The van der Waals surface area contributed by atoms with Crippen LogP contribution in [-0.4, -0.2) is 23.0 Å². The van der Waals surface area contributed by atoms with Gasteiger partial charge in [-0.2, -0.15) is 5.26 Å². The summed E-state index contributed by atoms with van der Waals surface area (Å²) in [5.74, 6) is -1.32. The van der Waals surface area contributed by atoms with Crippen molar-refractivity contribution in [2.75, 3.05) is 5.32 Å². The van der Waals surface area contributed by atoms with Crippen LogP contribution in [0.3, 0.4) is 0 Å². The third-order valence-corrected chi connectivity index (χ3v) is 3.88. The van der Waals surface area contributed by atoms with E-state index in [2.05, 4.69) is 10.3 Å². The van der Waals surface area contributed by atoms with Crippen molar-refractivity contribution in [3.05, 3.63) is 76.1 Å². The van der Waals surface area contributed by atoms with E-state index < -0.39 is 23.5 Å². The Morgan fingerprint density at radius 3 is 2.70 bits per heavy atom. The van der Waals surface area contributed by atoms with Gasteiger partial charge in [0.15, 0.2) is 6.10 Å². The Bertz CT molecular complexity index is 1130. The number of hydrogen-bond donors (Lipinski definition) is 2. The van der Waals surface area contributed by atoms with E-state index in [0.717, 1.165) is 6.07 Å². The average molecular weight is 361 g/mol. The fourth-order valence-corrected chi connectivity index (χ4v) is 2.56. The lowest BCUT2D eigenvalue weighted by atomic mass is 10.1. The number of hydrogen-bond acceptors (Lipinski definition) is 5. The maximum absolute atomic E-state index is 12.5. The van der Waals surface area contributed by atoms with Gasteiger partial charge < -0.3 is 15.0 Å². The van der Waals surface area contributed by atoms with Gasteiger partial charge in [-0.3, -0.25) is 9.59 Å². The zero-order valence-electron chi connectivity index (χ0n) is 14.4. The second-order valence-corrected chi connectivity index (χ2v) is 5.82. The number of aromatic nitrogens is 1. The summed E-state index contributed by atoms with van der Waals surface area (Å²) >= 11 is 0. The van der Waals surface area contributed by atoms with Crippen molar-refractivity contribution in [2.24, 2.45) is 0 Å². The van der Waals surface area contributed by atoms with Crippen molar-refractivity contribution in [3.8, 4) is 6.07 Å². The number of ether oxygens (including phenoxy) is 1. The minimum Gasteiger partial charge on any atom is -0.449 e. The molecule has 2 N–H and O–H groups in total. The van der Waals surface area contributed by atoms with Crippen LogP contribution in [0.2, 0.25) is 0 Å². The van der Waals surface area contributed by atoms with Crippen LogP contribution < -0.4 is 10.9 Å². The first-order valence-electron chi connectivity index (χ1n) is 8.12. The maximum Gasteiger partial charge on any atom is 0.339 e. The van der Waals surface area contributed by atoms with Gasteiger partial charge in [0.25, 0.3) is 5.91 Å². The lowest BCUT2D eigenvalue weighted by molar-refractivity contribution is -0.123. The van der Waals surface area contributed by atoms with Gasteiger partial charge in [0.1, 0.15) is 0 Å². The van der Waals surface area contributed by atoms with Gasteiger partial charge in [-0.15, -0.1) is 0 Å². The SMILES string of the molecule is C[C@@H](OC(=O)c1cc(=O)[nH]c2ccccc12)C(=O)Nc1cccc(C#N)c1. The van der Waals surface area contributed by atoms with Crippen molar-refractivity contribution in [3.63, 3.8) is 0 Å². The molecule has 0 aliphatic carbocycles. The molecule has 0 radical (unpaired) electrons. The Hall–Kier alpha value is -3.92. The molecular weight excluding hydrogens is 346 g/mol. The number of carbonyl (C=O) groups excluding carboxylic acids is 2. The van der Waals surface area contributed by atoms with E-state index >= 15 is 0 Å². The molecule has 3 aromatic rings. The van der Waals surface area contributed by atoms with E-state index in [1.54, 1.807) is 42.5 Å². The lowest BCUT2D eigenvalue weighted by Gasteiger charge is -2.14. The van der Waals surface area contributed by atoms with Gasteiger partial charge in [-0.1, -0.05) is 24.3 Å². The number of pyridine rings is 1. The standard InChI is InChI=1S/C20H15N3O4/c1-12(19(25)22-14-6-4-5-13(9-14)11-21)27-20(26)16-10-18(24)23-17-8-3-2-7-15(16)17/h2-10,12H,1H3,(H,22,25)(H,23,24)/t12-/m1/s1. The fraction of sp³-hybridized carbons (Fsp3) is 0.100. The molecule has 0 unspecified atom stereocenters. The quantitative estimate of drug-likeness (QED) is 0.694. The third-order valence-electron chi connectivity index (χ3n) is 3.88. The van der Waals surface area contributed by atoms with E-state index in [4.69, 9.17) is 10.00 Å². The highest BCUT2D eigenvalue weighted by Gasteiger charge is 2.21. The molecule has 1 amide bonds. The van der Waals surface area contributed by atoms with E-state index in [1.807, 2.05) is 6.07 Å². The summed E-state index contributed by atoms with van der Waals surface area (Å²) in [7, 11) is 0. The van der Waals surface area contributed by atoms with Crippen LogP contribution in [0.1, 0.15) is 22.8 Å². The molecule has 1 atom stereocenters. The van der Waals surface area contributed by atoms with Crippen LogP contribution in [0, 0.1) is 11.3 Å². The Labute approximate surface area is 154 Å². The highest BCUT2D eigenvalue weighted by Crippen LogP contribution is 2.17. The number of benzene rings is 2. The molecule has 7 heteroatoms. The summed E-state index contributed by atoms with van der Waals surface area (Å²) < 4.78 is 5.22. The number of nitrogens with zero attached hydrogens (tertiary/aromatic N) is 1. The molecule has 3 rings (SSSR count). The monoisotopic (exact) mass is 361 g/mol. The van der Waals surface area contributed by atoms with Crippen LogP contribution in [0.25, 0.3) is 10.9 Å². The number of H-pyrrole nitrogens is 1.